The first kappa shape index (κ1) is 17.4. The van der Waals surface area contributed by atoms with Crippen LogP contribution in [0.25, 0.3) is 0 Å². The average molecular weight is 325 g/mol. The largest absolute Gasteiger partial charge is 0.493 e. The maximum absolute atomic E-state index is 6.14. The molecule has 1 heteroatoms. The normalized spacial score (nSPS) is 23.5. The van der Waals surface area contributed by atoms with Gasteiger partial charge in [0.25, 0.3) is 0 Å². The second kappa shape index (κ2) is 8.11. The molecule has 0 heterocycles. The molecule has 0 amide bonds. The van der Waals surface area contributed by atoms with Crippen LogP contribution in [0.1, 0.15) is 83.1 Å². The molecule has 1 spiro atoms. The van der Waals surface area contributed by atoms with E-state index in [1.54, 1.807) is 0 Å². The fourth-order valence-electron chi connectivity index (χ4n) is 4.91. The molecule has 0 aromatic heterocycles. The molecule has 130 valence electrons. The van der Waals surface area contributed by atoms with E-state index < -0.39 is 0 Å². The minimum Gasteiger partial charge on any atom is -0.493 e. The van der Waals surface area contributed by atoms with E-state index >= 15 is 0 Å². The molecule has 2 fully saturated rings. The van der Waals surface area contributed by atoms with Crippen LogP contribution in [0.15, 0.2) is 24.3 Å². The van der Waals surface area contributed by atoms with Gasteiger partial charge in [0.15, 0.2) is 0 Å². The molecule has 0 bridgehead atoms. The SMILES string of the molecule is CC#C[C@@H](CC)c1ccc(OCC2CCCC3(CCCC3)C2)cc1. The fourth-order valence-corrected chi connectivity index (χ4v) is 4.91. The smallest absolute Gasteiger partial charge is 0.119 e. The van der Waals surface area contributed by atoms with Crippen molar-refractivity contribution < 1.29 is 4.74 Å². The minimum atomic E-state index is 0.351. The highest BCUT2D eigenvalue weighted by Crippen LogP contribution is 2.50. The molecule has 0 radical (unpaired) electrons. The number of benzene rings is 1. The molecular formula is C23H32O. The summed E-state index contributed by atoms with van der Waals surface area (Å²) in [7, 11) is 0. The number of hydrogen-bond acceptors (Lipinski definition) is 1. The fraction of sp³-hybridized carbons (Fsp3) is 0.652. The monoisotopic (exact) mass is 324 g/mol. The first-order valence-electron chi connectivity index (χ1n) is 9.90. The molecule has 0 aliphatic heterocycles. The standard InChI is InChI=1S/C23H32O/c1-3-8-20(4-2)21-10-12-22(13-11-21)24-18-19-9-7-16-23(17-19)14-5-6-15-23/h10-13,19-20H,4-7,9,14-18H2,1-2H3/t19?,20-/m1/s1. The van der Waals surface area contributed by atoms with E-state index in [0.717, 1.165) is 24.7 Å². The zero-order valence-corrected chi connectivity index (χ0v) is 15.4. The molecule has 0 N–H and O–H groups in total. The van der Waals surface area contributed by atoms with Gasteiger partial charge in [0, 0.05) is 5.92 Å². The highest BCUT2D eigenvalue weighted by molar-refractivity contribution is 5.33. The van der Waals surface area contributed by atoms with Crippen molar-refractivity contribution in [3.63, 3.8) is 0 Å². The Morgan fingerprint density at radius 3 is 2.50 bits per heavy atom. The van der Waals surface area contributed by atoms with Crippen molar-refractivity contribution in [2.24, 2.45) is 11.3 Å². The molecule has 1 nitrogen and oxygen atoms in total. The Kier molecular flexibility index (Phi) is 5.88. The highest BCUT2D eigenvalue weighted by Gasteiger charge is 2.38. The van der Waals surface area contributed by atoms with Crippen molar-refractivity contribution in [3.8, 4) is 17.6 Å². The lowest BCUT2D eigenvalue weighted by Gasteiger charge is -2.38. The van der Waals surface area contributed by atoms with Crippen LogP contribution < -0.4 is 4.74 Å². The van der Waals surface area contributed by atoms with E-state index in [0.29, 0.717) is 11.3 Å². The molecule has 24 heavy (non-hydrogen) atoms. The predicted molar refractivity (Wildman–Crippen MR) is 101 cm³/mol. The summed E-state index contributed by atoms with van der Waals surface area (Å²) in [5, 5.41) is 0. The summed E-state index contributed by atoms with van der Waals surface area (Å²) in [5.74, 6) is 8.46. The summed E-state index contributed by atoms with van der Waals surface area (Å²) in [5.41, 5.74) is 1.99. The van der Waals surface area contributed by atoms with Crippen molar-refractivity contribution in [3.05, 3.63) is 29.8 Å². The summed E-state index contributed by atoms with van der Waals surface area (Å²) in [6, 6.07) is 8.63. The maximum atomic E-state index is 6.14. The number of rotatable bonds is 5. The Balaban J connectivity index is 1.53. The average Bonchev–Trinajstić information content (AvgIpc) is 3.06. The van der Waals surface area contributed by atoms with Gasteiger partial charge >= 0.3 is 0 Å². The second-order valence-corrected chi connectivity index (χ2v) is 7.90. The van der Waals surface area contributed by atoms with Gasteiger partial charge in [-0.1, -0.05) is 44.2 Å². The van der Waals surface area contributed by atoms with E-state index in [-0.39, 0.29) is 0 Å². The van der Waals surface area contributed by atoms with E-state index in [2.05, 4.69) is 43.0 Å². The van der Waals surface area contributed by atoms with Crippen LogP contribution in [0.5, 0.6) is 5.75 Å². The van der Waals surface area contributed by atoms with Crippen LogP contribution in [0.4, 0.5) is 0 Å². The summed E-state index contributed by atoms with van der Waals surface area (Å²) >= 11 is 0. The Morgan fingerprint density at radius 2 is 1.83 bits per heavy atom. The van der Waals surface area contributed by atoms with E-state index in [4.69, 9.17) is 4.74 Å². The molecule has 1 unspecified atom stereocenters. The Bertz CT molecular complexity index is 568. The van der Waals surface area contributed by atoms with Crippen LogP contribution in [-0.4, -0.2) is 6.61 Å². The van der Waals surface area contributed by atoms with E-state index in [1.165, 1.54) is 56.9 Å². The van der Waals surface area contributed by atoms with Gasteiger partial charge < -0.3 is 4.74 Å². The molecule has 1 aromatic carbocycles. The van der Waals surface area contributed by atoms with Gasteiger partial charge in [0.05, 0.1) is 6.61 Å². The van der Waals surface area contributed by atoms with Gasteiger partial charge in [-0.25, -0.2) is 0 Å². The highest BCUT2D eigenvalue weighted by atomic mass is 16.5. The lowest BCUT2D eigenvalue weighted by molar-refractivity contribution is 0.106. The van der Waals surface area contributed by atoms with Crippen molar-refractivity contribution in [1.29, 1.82) is 0 Å². The molecule has 2 aliphatic carbocycles. The molecule has 2 aliphatic rings. The first-order chi connectivity index (χ1) is 11.7. The van der Waals surface area contributed by atoms with Crippen molar-refractivity contribution >= 4 is 0 Å². The van der Waals surface area contributed by atoms with Crippen molar-refractivity contribution in [2.75, 3.05) is 6.61 Å². The molecular weight excluding hydrogens is 292 g/mol. The minimum absolute atomic E-state index is 0.351. The molecule has 2 atom stereocenters. The van der Waals surface area contributed by atoms with Crippen LogP contribution in [-0.2, 0) is 0 Å². The van der Waals surface area contributed by atoms with Crippen molar-refractivity contribution in [2.45, 2.75) is 77.6 Å². The van der Waals surface area contributed by atoms with Crippen LogP contribution in [0.2, 0.25) is 0 Å². The van der Waals surface area contributed by atoms with Gasteiger partial charge in [-0.2, -0.15) is 0 Å². The zero-order valence-electron chi connectivity index (χ0n) is 15.4. The Labute approximate surface area is 148 Å². The molecule has 1 aromatic rings. The Morgan fingerprint density at radius 1 is 1.12 bits per heavy atom. The topological polar surface area (TPSA) is 9.23 Å². The predicted octanol–water partition coefficient (Wildman–Crippen LogP) is 6.33. The number of ether oxygens (including phenoxy) is 1. The third kappa shape index (κ3) is 4.15. The van der Waals surface area contributed by atoms with Gasteiger partial charge in [-0.3, -0.25) is 0 Å². The molecule has 2 saturated carbocycles. The summed E-state index contributed by atoms with van der Waals surface area (Å²) in [4.78, 5) is 0. The van der Waals surface area contributed by atoms with E-state index in [1.807, 2.05) is 6.92 Å². The van der Waals surface area contributed by atoms with Gasteiger partial charge in [0.2, 0.25) is 0 Å². The maximum Gasteiger partial charge on any atom is 0.119 e. The first-order valence-corrected chi connectivity index (χ1v) is 9.90. The van der Waals surface area contributed by atoms with Gasteiger partial charge in [-0.15, -0.1) is 5.92 Å². The quantitative estimate of drug-likeness (QED) is 0.575. The zero-order chi connectivity index (χ0) is 16.8. The molecule has 0 saturated heterocycles. The van der Waals surface area contributed by atoms with Crippen molar-refractivity contribution in [1.82, 2.24) is 0 Å². The third-order valence-corrected chi connectivity index (χ3v) is 6.20. The summed E-state index contributed by atoms with van der Waals surface area (Å²) in [6.45, 7) is 5.01. The lowest BCUT2D eigenvalue weighted by atomic mass is 9.69. The lowest BCUT2D eigenvalue weighted by Crippen LogP contribution is -2.29. The van der Waals surface area contributed by atoms with Gasteiger partial charge in [0.1, 0.15) is 5.75 Å². The molecule has 3 rings (SSSR count). The third-order valence-electron chi connectivity index (χ3n) is 6.20. The number of hydrogen-bond donors (Lipinski definition) is 0. The van der Waals surface area contributed by atoms with Gasteiger partial charge in [-0.05, 0) is 74.5 Å². The van der Waals surface area contributed by atoms with Crippen LogP contribution >= 0.6 is 0 Å². The summed E-state index contributed by atoms with van der Waals surface area (Å²) < 4.78 is 6.14. The van der Waals surface area contributed by atoms with Crippen LogP contribution in [0, 0.1) is 23.2 Å². The second-order valence-electron chi connectivity index (χ2n) is 7.90. The Hall–Kier alpha value is -1.42. The van der Waals surface area contributed by atoms with E-state index in [9.17, 15) is 0 Å². The summed E-state index contributed by atoms with van der Waals surface area (Å²) in [6.07, 6.45) is 12.5. The van der Waals surface area contributed by atoms with Crippen LogP contribution in [0.3, 0.4) is 0 Å².